The van der Waals surface area contributed by atoms with Gasteiger partial charge in [0.1, 0.15) is 0 Å². The second-order valence-corrected chi connectivity index (χ2v) is 8.23. The average Bonchev–Trinajstić information content (AvgIpc) is 3.38. The molecule has 2 aromatic heterocycles. The van der Waals surface area contributed by atoms with E-state index in [2.05, 4.69) is 51.4 Å². The van der Waals surface area contributed by atoms with E-state index < -0.39 is 0 Å². The van der Waals surface area contributed by atoms with Crippen molar-refractivity contribution in [1.29, 1.82) is 0 Å². The van der Waals surface area contributed by atoms with Gasteiger partial charge in [-0.1, -0.05) is 29.8 Å². The molecule has 2 aliphatic rings. The van der Waals surface area contributed by atoms with Crippen LogP contribution in [0.2, 0.25) is 5.02 Å². The van der Waals surface area contributed by atoms with Crippen LogP contribution in [0.3, 0.4) is 0 Å². The second-order valence-electron chi connectivity index (χ2n) is 7.79. The number of aromatic nitrogens is 2. The third-order valence-corrected chi connectivity index (χ3v) is 6.39. The lowest BCUT2D eigenvalue weighted by molar-refractivity contribution is 0.108. The molecule has 1 fully saturated rings. The maximum absolute atomic E-state index is 6.12. The fraction of sp³-hybridized carbons (Fsp3) is 0.292. The predicted octanol–water partition coefficient (Wildman–Crippen LogP) is 5.27. The monoisotopic (exact) mass is 405 g/mol. The zero-order chi connectivity index (χ0) is 19.8. The van der Waals surface area contributed by atoms with Gasteiger partial charge >= 0.3 is 0 Å². The van der Waals surface area contributed by atoms with Crippen molar-refractivity contribution in [2.24, 2.45) is 0 Å². The lowest BCUT2D eigenvalue weighted by Gasteiger charge is -2.28. The van der Waals surface area contributed by atoms with Gasteiger partial charge in [0.25, 0.3) is 0 Å². The number of fused-ring (bicyclic) bond motifs is 1. The molecule has 5 heteroatoms. The number of nitrogens with one attached hydrogen (secondary N) is 1. The first-order valence-corrected chi connectivity index (χ1v) is 10.5. The number of methoxy groups -OCH3 is 1. The summed E-state index contributed by atoms with van der Waals surface area (Å²) in [5, 5.41) is 0.745. The van der Waals surface area contributed by atoms with Crippen LogP contribution in [0.4, 0.5) is 0 Å². The molecule has 1 aromatic carbocycles. The number of hydrogen-bond donors (Lipinski definition) is 1. The Morgan fingerprint density at radius 2 is 1.90 bits per heavy atom. The van der Waals surface area contributed by atoms with Gasteiger partial charge < -0.3 is 9.72 Å². The lowest BCUT2D eigenvalue weighted by Crippen LogP contribution is -2.32. The van der Waals surface area contributed by atoms with Crippen LogP contribution in [-0.2, 0) is 4.74 Å². The van der Waals surface area contributed by atoms with Gasteiger partial charge in [-0.05, 0) is 53.8 Å². The molecule has 5 rings (SSSR count). The molecule has 2 atom stereocenters. The highest BCUT2D eigenvalue weighted by Crippen LogP contribution is 2.41. The standard InChI is InChI=1S/C24H24ClN3O/c1-29-21-13-20-12-18(8-11-28(20)15-21)22-14-27-24(17-2-4-19(25)5-3-17)23(22)16-6-9-26-10-7-16/h2-7,9-10,12,14,20-21,27H,8,11,13,15H2,1H3. The first-order chi connectivity index (χ1) is 14.2. The minimum Gasteiger partial charge on any atom is -0.380 e. The largest absolute Gasteiger partial charge is 0.380 e. The number of nitrogens with zero attached hydrogens (tertiary/aromatic N) is 2. The Balaban J connectivity index is 1.60. The number of ether oxygens (including phenoxy) is 1. The van der Waals surface area contributed by atoms with E-state index in [1.54, 1.807) is 0 Å². The molecular formula is C24H24ClN3O. The summed E-state index contributed by atoms with van der Waals surface area (Å²) in [5.74, 6) is 0. The van der Waals surface area contributed by atoms with Crippen LogP contribution < -0.4 is 0 Å². The highest BCUT2D eigenvalue weighted by molar-refractivity contribution is 6.30. The van der Waals surface area contributed by atoms with Crippen molar-refractivity contribution in [2.75, 3.05) is 20.2 Å². The first kappa shape index (κ1) is 18.6. The minimum absolute atomic E-state index is 0.339. The number of aromatic amines is 1. The van der Waals surface area contributed by atoms with Crippen LogP contribution in [-0.4, -0.2) is 47.2 Å². The number of benzene rings is 1. The fourth-order valence-corrected chi connectivity index (χ4v) is 4.76. The molecule has 0 spiro atoms. The van der Waals surface area contributed by atoms with E-state index in [4.69, 9.17) is 16.3 Å². The van der Waals surface area contributed by atoms with Gasteiger partial charge in [0.05, 0.1) is 11.8 Å². The first-order valence-electron chi connectivity index (χ1n) is 10.1. The van der Waals surface area contributed by atoms with E-state index in [1.807, 2.05) is 31.6 Å². The molecular weight excluding hydrogens is 382 g/mol. The second kappa shape index (κ2) is 7.79. The Morgan fingerprint density at radius 1 is 1.10 bits per heavy atom. The molecule has 4 nitrogen and oxygen atoms in total. The minimum atomic E-state index is 0.339. The number of H-pyrrole nitrogens is 1. The summed E-state index contributed by atoms with van der Waals surface area (Å²) in [4.78, 5) is 10.3. The summed E-state index contributed by atoms with van der Waals surface area (Å²) in [5.41, 5.74) is 7.34. The van der Waals surface area contributed by atoms with E-state index in [9.17, 15) is 0 Å². The van der Waals surface area contributed by atoms with Gasteiger partial charge in [-0.3, -0.25) is 9.88 Å². The molecule has 1 saturated heterocycles. The molecule has 1 N–H and O–H groups in total. The van der Waals surface area contributed by atoms with Crippen molar-refractivity contribution in [3.63, 3.8) is 0 Å². The zero-order valence-corrected chi connectivity index (χ0v) is 17.2. The smallest absolute Gasteiger partial charge is 0.0716 e. The van der Waals surface area contributed by atoms with Gasteiger partial charge in [0.2, 0.25) is 0 Å². The van der Waals surface area contributed by atoms with E-state index in [0.29, 0.717) is 12.1 Å². The Hall–Kier alpha value is -2.40. The Morgan fingerprint density at radius 3 is 2.66 bits per heavy atom. The molecule has 0 saturated carbocycles. The third-order valence-electron chi connectivity index (χ3n) is 6.13. The van der Waals surface area contributed by atoms with E-state index in [0.717, 1.165) is 42.2 Å². The van der Waals surface area contributed by atoms with Crippen molar-refractivity contribution in [3.8, 4) is 22.4 Å². The zero-order valence-electron chi connectivity index (χ0n) is 16.4. The van der Waals surface area contributed by atoms with Crippen LogP contribution in [0.25, 0.3) is 28.0 Å². The van der Waals surface area contributed by atoms with E-state index >= 15 is 0 Å². The van der Waals surface area contributed by atoms with Gasteiger partial charge in [-0.15, -0.1) is 0 Å². The maximum Gasteiger partial charge on any atom is 0.0716 e. The molecule has 0 amide bonds. The van der Waals surface area contributed by atoms with E-state index in [1.165, 1.54) is 22.3 Å². The molecule has 4 heterocycles. The quantitative estimate of drug-likeness (QED) is 0.642. The summed E-state index contributed by atoms with van der Waals surface area (Å²) in [6.45, 7) is 2.11. The highest BCUT2D eigenvalue weighted by Gasteiger charge is 2.34. The van der Waals surface area contributed by atoms with Crippen LogP contribution in [0, 0.1) is 0 Å². The van der Waals surface area contributed by atoms with Crippen molar-refractivity contribution >= 4 is 17.2 Å². The Bertz CT molecular complexity index is 1030. The summed E-state index contributed by atoms with van der Waals surface area (Å²) in [6, 6.07) is 12.6. The Labute approximate surface area is 176 Å². The van der Waals surface area contributed by atoms with Gasteiger partial charge in [-0.25, -0.2) is 0 Å². The molecule has 0 aliphatic carbocycles. The molecule has 0 radical (unpaired) electrons. The summed E-state index contributed by atoms with van der Waals surface area (Å²) in [7, 11) is 1.82. The molecule has 0 bridgehead atoms. The Kier molecular flexibility index (Phi) is 5.00. The number of halogens is 1. The summed E-state index contributed by atoms with van der Waals surface area (Å²) in [6.07, 6.45) is 10.8. The normalized spacial score (nSPS) is 21.8. The van der Waals surface area contributed by atoms with Crippen LogP contribution in [0.5, 0.6) is 0 Å². The number of hydrogen-bond acceptors (Lipinski definition) is 3. The van der Waals surface area contributed by atoms with Gasteiger partial charge in [0.15, 0.2) is 0 Å². The van der Waals surface area contributed by atoms with Crippen LogP contribution in [0.15, 0.2) is 61.1 Å². The molecule has 2 unspecified atom stereocenters. The fourth-order valence-electron chi connectivity index (χ4n) is 4.63. The number of pyridine rings is 1. The van der Waals surface area contributed by atoms with Gasteiger partial charge in [-0.2, -0.15) is 0 Å². The molecule has 2 aliphatic heterocycles. The summed E-state index contributed by atoms with van der Waals surface area (Å²) < 4.78 is 5.61. The van der Waals surface area contributed by atoms with E-state index in [-0.39, 0.29) is 0 Å². The van der Waals surface area contributed by atoms with Gasteiger partial charge in [0, 0.05) is 61.0 Å². The topological polar surface area (TPSA) is 41.1 Å². The predicted molar refractivity (Wildman–Crippen MR) is 118 cm³/mol. The highest BCUT2D eigenvalue weighted by atomic mass is 35.5. The van der Waals surface area contributed by atoms with Crippen molar-refractivity contribution in [3.05, 3.63) is 71.7 Å². The lowest BCUT2D eigenvalue weighted by atomic mass is 9.90. The summed E-state index contributed by atoms with van der Waals surface area (Å²) >= 11 is 6.12. The maximum atomic E-state index is 6.12. The SMILES string of the molecule is COC1CC2C=C(c3c[nH]c(-c4ccc(Cl)cc4)c3-c3ccncc3)CCN2C1. The molecule has 29 heavy (non-hydrogen) atoms. The molecule has 3 aromatic rings. The van der Waals surface area contributed by atoms with Crippen molar-refractivity contribution in [2.45, 2.75) is 25.0 Å². The molecule has 148 valence electrons. The van der Waals surface area contributed by atoms with Crippen LogP contribution >= 0.6 is 11.6 Å². The number of rotatable bonds is 4. The third kappa shape index (κ3) is 3.52. The van der Waals surface area contributed by atoms with Crippen molar-refractivity contribution < 1.29 is 4.74 Å². The van der Waals surface area contributed by atoms with Crippen LogP contribution in [0.1, 0.15) is 18.4 Å². The van der Waals surface area contributed by atoms with Crippen molar-refractivity contribution in [1.82, 2.24) is 14.9 Å². The average molecular weight is 406 g/mol.